The van der Waals surface area contributed by atoms with Crippen molar-refractivity contribution >= 4 is 0 Å². The molecule has 0 aromatic rings. The molecule has 0 spiro atoms. The van der Waals surface area contributed by atoms with Crippen LogP contribution < -0.4 is 5.32 Å². The minimum atomic E-state index is 0.448. The summed E-state index contributed by atoms with van der Waals surface area (Å²) in [4.78, 5) is 0. The molecule has 2 heteroatoms. The Morgan fingerprint density at radius 3 is 2.50 bits per heavy atom. The molecule has 5 unspecified atom stereocenters. The summed E-state index contributed by atoms with van der Waals surface area (Å²) in [5, 5.41) is 3.88. The summed E-state index contributed by atoms with van der Waals surface area (Å²) in [7, 11) is 0. The molecule has 1 saturated carbocycles. The minimum absolute atomic E-state index is 0.448. The second kappa shape index (κ2) is 5.50. The first kappa shape index (κ1) is 12.4. The largest absolute Gasteiger partial charge is 0.378 e. The van der Waals surface area contributed by atoms with Crippen LogP contribution in [-0.2, 0) is 4.74 Å². The molecule has 5 atom stereocenters. The predicted octanol–water partition coefficient (Wildman–Crippen LogP) is 2.97. The number of hydrogen-bond acceptors (Lipinski definition) is 2. The lowest BCUT2D eigenvalue weighted by atomic mass is 9.79. The molecule has 0 radical (unpaired) electrons. The highest BCUT2D eigenvalue weighted by Gasteiger charge is 2.28. The molecular formula is C14H27NO. The smallest absolute Gasteiger partial charge is 0.0561 e. The van der Waals surface area contributed by atoms with Gasteiger partial charge in [0, 0.05) is 18.7 Å². The molecule has 1 heterocycles. The molecule has 2 aliphatic rings. The Balaban J connectivity index is 1.80. The van der Waals surface area contributed by atoms with Gasteiger partial charge in [-0.1, -0.05) is 13.8 Å². The maximum absolute atomic E-state index is 5.60. The molecule has 1 N–H and O–H groups in total. The molecule has 1 aliphatic carbocycles. The van der Waals surface area contributed by atoms with E-state index in [-0.39, 0.29) is 0 Å². The molecule has 2 nitrogen and oxygen atoms in total. The number of rotatable bonds is 2. The summed E-state index contributed by atoms with van der Waals surface area (Å²) >= 11 is 0. The first-order chi connectivity index (χ1) is 7.65. The summed E-state index contributed by atoms with van der Waals surface area (Å²) < 4.78 is 5.60. The highest BCUT2D eigenvalue weighted by atomic mass is 16.5. The average Bonchev–Trinajstić information content (AvgIpc) is 2.22. The van der Waals surface area contributed by atoms with Crippen LogP contribution in [0, 0.1) is 11.8 Å². The van der Waals surface area contributed by atoms with Crippen LogP contribution in [0.1, 0.15) is 52.9 Å². The van der Waals surface area contributed by atoms with Crippen molar-refractivity contribution in [2.45, 2.75) is 71.1 Å². The maximum Gasteiger partial charge on any atom is 0.0561 e. The van der Waals surface area contributed by atoms with Crippen LogP contribution in [0.15, 0.2) is 0 Å². The zero-order valence-corrected chi connectivity index (χ0v) is 11.0. The second-order valence-electron chi connectivity index (χ2n) is 6.07. The normalized spacial score (nSPS) is 45.6. The van der Waals surface area contributed by atoms with Crippen LogP contribution in [0.5, 0.6) is 0 Å². The Morgan fingerprint density at radius 1 is 1.00 bits per heavy atom. The van der Waals surface area contributed by atoms with E-state index in [4.69, 9.17) is 4.74 Å². The summed E-state index contributed by atoms with van der Waals surface area (Å²) in [6.45, 7) is 7.94. The topological polar surface area (TPSA) is 21.3 Å². The lowest BCUT2D eigenvalue weighted by molar-refractivity contribution is 0.00810. The van der Waals surface area contributed by atoms with Gasteiger partial charge >= 0.3 is 0 Å². The molecule has 1 aliphatic heterocycles. The Morgan fingerprint density at radius 2 is 1.81 bits per heavy atom. The summed E-state index contributed by atoms with van der Waals surface area (Å²) in [5.74, 6) is 1.78. The minimum Gasteiger partial charge on any atom is -0.378 e. The fraction of sp³-hybridized carbons (Fsp3) is 1.00. The molecule has 0 amide bonds. The number of ether oxygens (including phenoxy) is 1. The number of nitrogens with one attached hydrogen (secondary N) is 1. The van der Waals surface area contributed by atoms with Crippen LogP contribution in [0.25, 0.3) is 0 Å². The van der Waals surface area contributed by atoms with Crippen molar-refractivity contribution in [2.75, 3.05) is 6.61 Å². The van der Waals surface area contributed by atoms with Gasteiger partial charge in [0.2, 0.25) is 0 Å². The van der Waals surface area contributed by atoms with Crippen molar-refractivity contribution in [1.29, 1.82) is 0 Å². The standard InChI is InChI=1S/C14H27NO/c1-10-4-5-14(11(2)8-10)15-13-6-7-16-12(3)9-13/h10-15H,4-9H2,1-3H3. The Bertz CT molecular complexity index is 219. The monoisotopic (exact) mass is 225 g/mol. The Hall–Kier alpha value is -0.0800. The van der Waals surface area contributed by atoms with E-state index in [9.17, 15) is 0 Å². The van der Waals surface area contributed by atoms with Crippen molar-refractivity contribution in [3.05, 3.63) is 0 Å². The molecule has 16 heavy (non-hydrogen) atoms. The van der Waals surface area contributed by atoms with Gasteiger partial charge in [-0.05, 0) is 50.9 Å². The van der Waals surface area contributed by atoms with E-state index in [0.29, 0.717) is 12.1 Å². The van der Waals surface area contributed by atoms with Crippen LogP contribution in [-0.4, -0.2) is 24.8 Å². The summed E-state index contributed by atoms with van der Waals surface area (Å²) in [6, 6.07) is 1.45. The van der Waals surface area contributed by atoms with Crippen LogP contribution in [0.3, 0.4) is 0 Å². The van der Waals surface area contributed by atoms with Gasteiger partial charge in [0.25, 0.3) is 0 Å². The molecule has 2 rings (SSSR count). The SMILES string of the molecule is CC1CCC(NC2CCOC(C)C2)C(C)C1. The summed E-state index contributed by atoms with van der Waals surface area (Å²) in [6.07, 6.45) is 7.01. The summed E-state index contributed by atoms with van der Waals surface area (Å²) in [5.41, 5.74) is 0. The van der Waals surface area contributed by atoms with Crippen molar-refractivity contribution < 1.29 is 4.74 Å². The van der Waals surface area contributed by atoms with Gasteiger partial charge in [-0.25, -0.2) is 0 Å². The van der Waals surface area contributed by atoms with Gasteiger partial charge in [0.15, 0.2) is 0 Å². The fourth-order valence-corrected chi connectivity index (χ4v) is 3.37. The van der Waals surface area contributed by atoms with Crippen molar-refractivity contribution in [3.8, 4) is 0 Å². The van der Waals surface area contributed by atoms with Crippen molar-refractivity contribution in [1.82, 2.24) is 5.32 Å². The maximum atomic E-state index is 5.60. The van der Waals surface area contributed by atoms with Gasteiger partial charge in [-0.15, -0.1) is 0 Å². The first-order valence-electron chi connectivity index (χ1n) is 7.02. The molecule has 2 fully saturated rings. The van der Waals surface area contributed by atoms with E-state index in [2.05, 4.69) is 26.1 Å². The van der Waals surface area contributed by atoms with E-state index in [1.165, 1.54) is 32.1 Å². The zero-order chi connectivity index (χ0) is 11.5. The van der Waals surface area contributed by atoms with E-state index in [1.54, 1.807) is 0 Å². The first-order valence-corrected chi connectivity index (χ1v) is 7.02. The Kier molecular flexibility index (Phi) is 4.26. The van der Waals surface area contributed by atoms with Gasteiger partial charge in [0.1, 0.15) is 0 Å². The zero-order valence-electron chi connectivity index (χ0n) is 11.0. The third-order valence-corrected chi connectivity index (χ3v) is 4.37. The average molecular weight is 225 g/mol. The molecule has 0 aromatic heterocycles. The second-order valence-corrected chi connectivity index (χ2v) is 6.07. The predicted molar refractivity (Wildman–Crippen MR) is 67.5 cm³/mol. The van der Waals surface area contributed by atoms with E-state index in [1.807, 2.05) is 0 Å². The molecule has 0 aromatic carbocycles. The molecular weight excluding hydrogens is 198 g/mol. The van der Waals surface area contributed by atoms with E-state index >= 15 is 0 Å². The van der Waals surface area contributed by atoms with E-state index < -0.39 is 0 Å². The molecule has 1 saturated heterocycles. The lowest BCUT2D eigenvalue weighted by Gasteiger charge is -2.38. The van der Waals surface area contributed by atoms with Gasteiger partial charge in [-0.2, -0.15) is 0 Å². The third-order valence-electron chi connectivity index (χ3n) is 4.37. The highest BCUT2D eigenvalue weighted by molar-refractivity contribution is 4.85. The van der Waals surface area contributed by atoms with Crippen molar-refractivity contribution in [2.24, 2.45) is 11.8 Å². The van der Waals surface area contributed by atoms with Gasteiger partial charge < -0.3 is 10.1 Å². The third kappa shape index (κ3) is 3.21. The van der Waals surface area contributed by atoms with Crippen LogP contribution >= 0.6 is 0 Å². The van der Waals surface area contributed by atoms with Crippen molar-refractivity contribution in [3.63, 3.8) is 0 Å². The van der Waals surface area contributed by atoms with Crippen LogP contribution in [0.2, 0.25) is 0 Å². The highest BCUT2D eigenvalue weighted by Crippen LogP contribution is 2.29. The van der Waals surface area contributed by atoms with Gasteiger partial charge in [-0.3, -0.25) is 0 Å². The van der Waals surface area contributed by atoms with Crippen LogP contribution in [0.4, 0.5) is 0 Å². The molecule has 94 valence electrons. The fourth-order valence-electron chi connectivity index (χ4n) is 3.37. The quantitative estimate of drug-likeness (QED) is 0.780. The van der Waals surface area contributed by atoms with E-state index in [0.717, 1.165) is 24.5 Å². The van der Waals surface area contributed by atoms with Gasteiger partial charge in [0.05, 0.1) is 6.10 Å². The Labute approximate surface area is 100 Å². The molecule has 0 bridgehead atoms. The number of hydrogen-bond donors (Lipinski definition) is 1. The lowest BCUT2D eigenvalue weighted by Crippen LogP contribution is -2.47.